The van der Waals surface area contributed by atoms with E-state index in [2.05, 4.69) is 5.10 Å². The number of nitrogen functional groups attached to an aromatic ring is 1. The monoisotopic (exact) mass is 399 g/mol. The molecule has 5 nitrogen and oxygen atoms in total. The lowest BCUT2D eigenvalue weighted by molar-refractivity contribution is -0.137. The van der Waals surface area contributed by atoms with E-state index >= 15 is 0 Å². The molecule has 0 fully saturated rings. The molecule has 24 heavy (non-hydrogen) atoms. The van der Waals surface area contributed by atoms with Gasteiger partial charge in [-0.2, -0.15) is 18.3 Å². The minimum Gasteiger partial charge on any atom is -0.383 e. The number of nitrogens with zero attached hydrogens (tertiary/aromatic N) is 2. The number of carbonyl (C=O) groups is 1. The molecule has 1 atom stereocenters. The van der Waals surface area contributed by atoms with E-state index in [4.69, 9.17) is 28.9 Å². The molecule has 1 heterocycles. The Bertz CT molecular complexity index is 842. The molecule has 0 aliphatic carbocycles. The zero-order valence-electron chi connectivity index (χ0n) is 12.2. The molecular formula is C13H10Cl2F3N3O2S. The van der Waals surface area contributed by atoms with Crippen molar-refractivity contribution in [3.63, 3.8) is 0 Å². The van der Waals surface area contributed by atoms with Gasteiger partial charge in [-0.15, -0.1) is 0 Å². The van der Waals surface area contributed by atoms with Gasteiger partial charge in [0.25, 0.3) is 0 Å². The molecule has 0 saturated carbocycles. The molecule has 11 heteroatoms. The van der Waals surface area contributed by atoms with E-state index in [-0.39, 0.29) is 22.1 Å². The number of Topliss-reactive ketones (excluding diaryl/α,β-unsaturated/α-hetero) is 1. The van der Waals surface area contributed by atoms with Gasteiger partial charge in [0.2, 0.25) is 0 Å². The van der Waals surface area contributed by atoms with Crippen molar-refractivity contribution in [2.24, 2.45) is 0 Å². The van der Waals surface area contributed by atoms with E-state index in [1.807, 2.05) is 0 Å². The molecule has 0 bridgehead atoms. The van der Waals surface area contributed by atoms with E-state index in [0.29, 0.717) is 0 Å². The number of rotatable bonds is 3. The number of hydrogen-bond donors (Lipinski definition) is 1. The average Bonchev–Trinajstić information content (AvgIpc) is 2.73. The third kappa shape index (κ3) is 3.28. The summed E-state index contributed by atoms with van der Waals surface area (Å²) in [5.74, 6) is -0.636. The van der Waals surface area contributed by atoms with Gasteiger partial charge in [-0.3, -0.25) is 9.00 Å². The molecule has 1 aromatic heterocycles. The molecule has 1 unspecified atom stereocenters. The molecule has 2 rings (SSSR count). The fourth-order valence-corrected chi connectivity index (χ4v) is 3.61. The van der Waals surface area contributed by atoms with E-state index < -0.39 is 38.4 Å². The van der Waals surface area contributed by atoms with Crippen LogP contribution in [0.3, 0.4) is 0 Å². The zero-order valence-corrected chi connectivity index (χ0v) is 14.6. The number of nitrogens with two attached hydrogens (primary N) is 1. The standard InChI is InChI=1S/C13H10Cl2F3N3O2S/c1-5(22)10-11(24(2)23)12(19)21(20-10)6-3-7(14)9(8(15)4-6)13(16,17)18/h3-4H,19H2,1-2H3. The van der Waals surface area contributed by atoms with Crippen molar-refractivity contribution in [2.75, 3.05) is 12.0 Å². The van der Waals surface area contributed by atoms with Gasteiger partial charge >= 0.3 is 6.18 Å². The minimum absolute atomic E-state index is 0.00496. The van der Waals surface area contributed by atoms with Gasteiger partial charge in [0.1, 0.15) is 16.4 Å². The largest absolute Gasteiger partial charge is 0.419 e. The Morgan fingerprint density at radius 1 is 1.29 bits per heavy atom. The number of ketones is 1. The second kappa shape index (κ2) is 6.38. The third-order valence-corrected chi connectivity index (χ3v) is 4.63. The number of aromatic nitrogens is 2. The van der Waals surface area contributed by atoms with Gasteiger partial charge in [0.05, 0.1) is 32.1 Å². The summed E-state index contributed by atoms with van der Waals surface area (Å²) < 4.78 is 51.5. The summed E-state index contributed by atoms with van der Waals surface area (Å²) in [7, 11) is -1.63. The smallest absolute Gasteiger partial charge is 0.383 e. The van der Waals surface area contributed by atoms with Crippen molar-refractivity contribution in [1.29, 1.82) is 0 Å². The topological polar surface area (TPSA) is 78.0 Å². The zero-order chi connectivity index (χ0) is 18.4. The average molecular weight is 400 g/mol. The Balaban J connectivity index is 2.73. The van der Waals surface area contributed by atoms with Gasteiger partial charge < -0.3 is 5.73 Å². The first-order chi connectivity index (χ1) is 10.9. The van der Waals surface area contributed by atoms with Crippen LogP contribution in [0, 0.1) is 0 Å². The lowest BCUT2D eigenvalue weighted by Gasteiger charge is -2.13. The van der Waals surface area contributed by atoms with Crippen LogP contribution in [0.2, 0.25) is 10.0 Å². The summed E-state index contributed by atoms with van der Waals surface area (Å²) in [6, 6.07) is 1.93. The van der Waals surface area contributed by atoms with Crippen molar-refractivity contribution >= 4 is 45.6 Å². The normalized spacial score (nSPS) is 13.1. The number of benzene rings is 1. The maximum absolute atomic E-state index is 12.9. The van der Waals surface area contributed by atoms with Crippen LogP contribution in [0.1, 0.15) is 23.0 Å². The van der Waals surface area contributed by atoms with Crippen molar-refractivity contribution in [3.8, 4) is 5.69 Å². The van der Waals surface area contributed by atoms with Gasteiger partial charge in [-0.25, -0.2) is 4.68 Å². The fourth-order valence-electron chi connectivity index (χ4n) is 2.08. The second-order valence-corrected chi connectivity index (χ2v) is 6.90. The van der Waals surface area contributed by atoms with E-state index in [9.17, 15) is 22.2 Å². The fraction of sp³-hybridized carbons (Fsp3) is 0.231. The molecule has 0 saturated heterocycles. The Morgan fingerprint density at radius 2 is 1.79 bits per heavy atom. The van der Waals surface area contributed by atoms with Crippen molar-refractivity contribution in [3.05, 3.63) is 33.4 Å². The summed E-state index contributed by atoms with van der Waals surface area (Å²) in [4.78, 5) is 11.6. The predicted octanol–water partition coefficient (Wildman–Crippen LogP) is 3.72. The molecular weight excluding hydrogens is 390 g/mol. The number of anilines is 1. The highest BCUT2D eigenvalue weighted by Crippen LogP contribution is 2.41. The number of hydrogen-bond acceptors (Lipinski definition) is 4. The van der Waals surface area contributed by atoms with Crippen LogP contribution < -0.4 is 5.73 Å². The molecule has 2 aromatic rings. The summed E-state index contributed by atoms with van der Waals surface area (Å²) >= 11 is 11.4. The van der Waals surface area contributed by atoms with Crippen LogP contribution >= 0.6 is 23.2 Å². The quantitative estimate of drug-likeness (QED) is 0.797. The van der Waals surface area contributed by atoms with E-state index in [1.165, 1.54) is 13.2 Å². The number of halogens is 5. The molecule has 0 aliphatic rings. The number of carbonyl (C=O) groups excluding carboxylic acids is 1. The van der Waals surface area contributed by atoms with Gasteiger partial charge in [0.15, 0.2) is 5.78 Å². The Labute approximate surface area is 147 Å². The molecule has 0 radical (unpaired) electrons. The van der Waals surface area contributed by atoms with Crippen LogP contribution in [0.4, 0.5) is 19.0 Å². The van der Waals surface area contributed by atoms with Crippen molar-refractivity contribution in [1.82, 2.24) is 9.78 Å². The van der Waals surface area contributed by atoms with Crippen LogP contribution in [0.25, 0.3) is 5.69 Å². The van der Waals surface area contributed by atoms with Crippen LogP contribution in [-0.4, -0.2) is 26.0 Å². The highest BCUT2D eigenvalue weighted by molar-refractivity contribution is 7.84. The van der Waals surface area contributed by atoms with Crippen molar-refractivity contribution < 1.29 is 22.2 Å². The first kappa shape index (κ1) is 18.8. The molecule has 130 valence electrons. The van der Waals surface area contributed by atoms with E-state index in [1.54, 1.807) is 0 Å². The van der Waals surface area contributed by atoms with Crippen molar-refractivity contribution in [2.45, 2.75) is 18.0 Å². The second-order valence-electron chi connectivity index (χ2n) is 4.77. The SMILES string of the molecule is CC(=O)c1nn(-c2cc(Cl)c(C(F)(F)F)c(Cl)c2)c(N)c1S(C)=O. The lowest BCUT2D eigenvalue weighted by atomic mass is 10.2. The van der Waals surface area contributed by atoms with Crippen LogP contribution in [0.15, 0.2) is 17.0 Å². The Kier molecular flexibility index (Phi) is 4.98. The van der Waals surface area contributed by atoms with Gasteiger partial charge in [-0.05, 0) is 12.1 Å². The highest BCUT2D eigenvalue weighted by atomic mass is 35.5. The highest BCUT2D eigenvalue weighted by Gasteiger charge is 2.36. The van der Waals surface area contributed by atoms with Gasteiger partial charge in [0, 0.05) is 13.2 Å². The third-order valence-electron chi connectivity index (χ3n) is 3.05. The molecule has 2 N–H and O–H groups in total. The van der Waals surface area contributed by atoms with Crippen LogP contribution in [-0.2, 0) is 17.0 Å². The lowest BCUT2D eigenvalue weighted by Crippen LogP contribution is -2.09. The molecule has 1 aromatic carbocycles. The van der Waals surface area contributed by atoms with Crippen LogP contribution in [0.5, 0.6) is 0 Å². The number of alkyl halides is 3. The maximum atomic E-state index is 12.9. The molecule has 0 amide bonds. The Morgan fingerprint density at radius 3 is 2.12 bits per heavy atom. The Hall–Kier alpha value is -1.58. The first-order valence-electron chi connectivity index (χ1n) is 6.24. The molecule has 0 spiro atoms. The van der Waals surface area contributed by atoms with Gasteiger partial charge in [-0.1, -0.05) is 23.2 Å². The maximum Gasteiger partial charge on any atom is 0.419 e. The first-order valence-corrected chi connectivity index (χ1v) is 8.56. The summed E-state index contributed by atoms with van der Waals surface area (Å²) in [5.41, 5.74) is 4.53. The molecule has 0 aliphatic heterocycles. The minimum atomic E-state index is -4.73. The summed E-state index contributed by atoms with van der Waals surface area (Å²) in [6.07, 6.45) is -3.43. The predicted molar refractivity (Wildman–Crippen MR) is 85.3 cm³/mol. The summed E-state index contributed by atoms with van der Waals surface area (Å²) in [6.45, 7) is 1.20. The van der Waals surface area contributed by atoms with E-state index in [0.717, 1.165) is 16.8 Å². The summed E-state index contributed by atoms with van der Waals surface area (Å²) in [5, 5.41) is 2.63.